The van der Waals surface area contributed by atoms with Crippen LogP contribution in [0.5, 0.6) is 0 Å². The molecule has 7 nitrogen and oxygen atoms in total. The number of carbonyl (C=O) groups excluding carboxylic acids is 2. The van der Waals surface area contributed by atoms with Gasteiger partial charge in [0.25, 0.3) is 10.0 Å². The minimum atomic E-state index is -3.86. The molecule has 0 aromatic carbocycles. The van der Waals surface area contributed by atoms with Crippen LogP contribution in [0.4, 0.5) is 0 Å². The van der Waals surface area contributed by atoms with E-state index >= 15 is 0 Å². The van der Waals surface area contributed by atoms with Gasteiger partial charge in [0.05, 0.1) is 6.54 Å². The predicted octanol–water partition coefficient (Wildman–Crippen LogP) is -0.367. The number of rotatable bonds is 4. The summed E-state index contributed by atoms with van der Waals surface area (Å²) in [5, 5.41) is 2.15. The summed E-state index contributed by atoms with van der Waals surface area (Å²) in [5.41, 5.74) is 5.47. The molecule has 1 fully saturated rings. The van der Waals surface area contributed by atoms with Gasteiger partial charge in [-0.2, -0.15) is 4.31 Å². The highest BCUT2D eigenvalue weighted by Gasteiger charge is 2.41. The normalized spacial score (nSPS) is 21.0. The number of imide groups is 1. The van der Waals surface area contributed by atoms with Gasteiger partial charge < -0.3 is 5.73 Å². The number of thiophene rings is 1. The molecule has 1 unspecified atom stereocenters. The van der Waals surface area contributed by atoms with E-state index in [4.69, 9.17) is 5.73 Å². The molecule has 0 spiro atoms. The van der Waals surface area contributed by atoms with Gasteiger partial charge in [0.2, 0.25) is 11.8 Å². The molecular formula is C11H15N3O4S2. The third kappa shape index (κ3) is 2.62. The number of sulfonamides is 1. The van der Waals surface area contributed by atoms with Gasteiger partial charge in [0.1, 0.15) is 10.3 Å². The van der Waals surface area contributed by atoms with E-state index in [1.165, 1.54) is 6.07 Å². The van der Waals surface area contributed by atoms with Crippen LogP contribution in [0.25, 0.3) is 0 Å². The number of hydrogen-bond acceptors (Lipinski definition) is 6. The van der Waals surface area contributed by atoms with Gasteiger partial charge in [-0.1, -0.05) is 6.92 Å². The molecule has 0 aliphatic carbocycles. The van der Waals surface area contributed by atoms with E-state index < -0.39 is 27.9 Å². The fourth-order valence-electron chi connectivity index (χ4n) is 2.01. The van der Waals surface area contributed by atoms with Crippen molar-refractivity contribution in [2.45, 2.75) is 30.1 Å². The second kappa shape index (κ2) is 5.60. The predicted molar refractivity (Wildman–Crippen MR) is 73.3 cm³/mol. The Kier molecular flexibility index (Phi) is 4.23. The number of nitrogens with two attached hydrogens (primary N) is 1. The molecule has 20 heavy (non-hydrogen) atoms. The summed E-state index contributed by atoms with van der Waals surface area (Å²) in [4.78, 5) is 23.9. The lowest BCUT2D eigenvalue weighted by atomic mass is 10.2. The average Bonchev–Trinajstić information content (AvgIpc) is 2.87. The molecule has 2 heterocycles. The summed E-state index contributed by atoms with van der Waals surface area (Å²) in [6, 6.07) is 2.22. The van der Waals surface area contributed by atoms with Crippen LogP contribution in [0.2, 0.25) is 0 Å². The van der Waals surface area contributed by atoms with Crippen molar-refractivity contribution in [1.82, 2.24) is 9.62 Å². The van der Waals surface area contributed by atoms with Gasteiger partial charge in [0, 0.05) is 11.4 Å². The monoisotopic (exact) mass is 317 g/mol. The minimum absolute atomic E-state index is 0.0962. The first-order chi connectivity index (χ1) is 9.40. The summed E-state index contributed by atoms with van der Waals surface area (Å²) in [6.07, 6.45) is 0.299. The Bertz CT molecular complexity index is 638. The third-order valence-corrected chi connectivity index (χ3v) is 6.43. The SMILES string of the molecule is CCC1C(=O)NC(=O)CN1S(=O)(=O)c1ccc(CN)s1. The van der Waals surface area contributed by atoms with Crippen LogP contribution in [0.15, 0.2) is 16.3 Å². The Hall–Kier alpha value is -1.29. The Morgan fingerprint density at radius 1 is 1.45 bits per heavy atom. The molecule has 1 aliphatic rings. The molecule has 2 rings (SSSR count). The number of nitrogens with one attached hydrogen (secondary N) is 1. The van der Waals surface area contributed by atoms with E-state index in [9.17, 15) is 18.0 Å². The molecule has 9 heteroatoms. The van der Waals surface area contributed by atoms with Gasteiger partial charge in [-0.05, 0) is 18.6 Å². The molecule has 1 aromatic rings. The fraction of sp³-hybridized carbons (Fsp3) is 0.455. The topological polar surface area (TPSA) is 110 Å². The van der Waals surface area contributed by atoms with Crippen molar-refractivity contribution < 1.29 is 18.0 Å². The lowest BCUT2D eigenvalue weighted by Crippen LogP contribution is -2.59. The van der Waals surface area contributed by atoms with Crippen molar-refractivity contribution in [3.63, 3.8) is 0 Å². The molecule has 3 N–H and O–H groups in total. The van der Waals surface area contributed by atoms with Crippen LogP contribution < -0.4 is 11.1 Å². The van der Waals surface area contributed by atoms with Gasteiger partial charge >= 0.3 is 0 Å². The number of piperazine rings is 1. The van der Waals surface area contributed by atoms with Crippen LogP contribution in [-0.2, 0) is 26.2 Å². The van der Waals surface area contributed by atoms with Crippen molar-refractivity contribution in [1.29, 1.82) is 0 Å². The Balaban J connectivity index is 2.40. The standard InChI is InChI=1S/C11H15N3O4S2/c1-2-8-11(16)13-9(15)6-14(8)20(17,18)10-4-3-7(5-12)19-10/h3-4,8H,2,5-6,12H2,1H3,(H,13,15,16). The maximum atomic E-state index is 12.5. The molecule has 0 radical (unpaired) electrons. The average molecular weight is 317 g/mol. The van der Waals surface area contributed by atoms with Crippen molar-refractivity contribution in [3.05, 3.63) is 17.0 Å². The molecular weight excluding hydrogens is 302 g/mol. The third-order valence-electron chi connectivity index (χ3n) is 3.00. The van der Waals surface area contributed by atoms with Gasteiger partial charge in [-0.3, -0.25) is 14.9 Å². The van der Waals surface area contributed by atoms with Crippen LogP contribution in [-0.4, -0.2) is 37.1 Å². The van der Waals surface area contributed by atoms with E-state index in [1.807, 2.05) is 0 Å². The zero-order chi connectivity index (χ0) is 14.9. The summed E-state index contributed by atoms with van der Waals surface area (Å²) in [7, 11) is -3.86. The van der Waals surface area contributed by atoms with Crippen LogP contribution in [0.1, 0.15) is 18.2 Å². The zero-order valence-corrected chi connectivity index (χ0v) is 12.5. The molecule has 0 saturated carbocycles. The second-order valence-electron chi connectivity index (χ2n) is 4.31. The first-order valence-electron chi connectivity index (χ1n) is 6.04. The number of amides is 2. The minimum Gasteiger partial charge on any atom is -0.326 e. The molecule has 110 valence electrons. The smallest absolute Gasteiger partial charge is 0.253 e. The van der Waals surface area contributed by atoms with E-state index in [0.29, 0.717) is 6.42 Å². The zero-order valence-electron chi connectivity index (χ0n) is 10.8. The first kappa shape index (κ1) is 15.1. The molecule has 1 saturated heterocycles. The van der Waals surface area contributed by atoms with Crippen molar-refractivity contribution >= 4 is 33.2 Å². The lowest BCUT2D eigenvalue weighted by molar-refractivity contribution is -0.137. The summed E-state index contributed by atoms with van der Waals surface area (Å²) in [6.45, 7) is 1.60. The Morgan fingerprint density at radius 2 is 2.15 bits per heavy atom. The largest absolute Gasteiger partial charge is 0.326 e. The number of carbonyl (C=O) groups is 2. The summed E-state index contributed by atoms with van der Waals surface area (Å²) >= 11 is 1.05. The lowest BCUT2D eigenvalue weighted by Gasteiger charge is -2.31. The quantitative estimate of drug-likeness (QED) is 0.737. The second-order valence-corrected chi connectivity index (χ2v) is 7.60. The first-order valence-corrected chi connectivity index (χ1v) is 8.30. The maximum absolute atomic E-state index is 12.5. The maximum Gasteiger partial charge on any atom is 0.253 e. The molecule has 2 amide bonds. The van der Waals surface area contributed by atoms with E-state index in [0.717, 1.165) is 20.5 Å². The van der Waals surface area contributed by atoms with Crippen LogP contribution in [0, 0.1) is 0 Å². The summed E-state index contributed by atoms with van der Waals surface area (Å²) in [5.74, 6) is -1.19. The highest BCUT2D eigenvalue weighted by molar-refractivity contribution is 7.91. The van der Waals surface area contributed by atoms with E-state index in [-0.39, 0.29) is 17.3 Å². The number of hydrogen-bond donors (Lipinski definition) is 2. The highest BCUT2D eigenvalue weighted by Crippen LogP contribution is 2.27. The Labute approximate surface area is 120 Å². The van der Waals surface area contributed by atoms with Crippen molar-refractivity contribution in [2.75, 3.05) is 6.54 Å². The van der Waals surface area contributed by atoms with Gasteiger partial charge in [-0.25, -0.2) is 8.42 Å². The van der Waals surface area contributed by atoms with Crippen LogP contribution in [0.3, 0.4) is 0 Å². The molecule has 1 aliphatic heterocycles. The fourth-order valence-corrected chi connectivity index (χ4v) is 4.99. The molecule has 1 aromatic heterocycles. The van der Waals surface area contributed by atoms with Gasteiger partial charge in [0.15, 0.2) is 0 Å². The van der Waals surface area contributed by atoms with Gasteiger partial charge in [-0.15, -0.1) is 11.3 Å². The van der Waals surface area contributed by atoms with E-state index in [1.54, 1.807) is 13.0 Å². The van der Waals surface area contributed by atoms with Crippen molar-refractivity contribution in [3.8, 4) is 0 Å². The highest BCUT2D eigenvalue weighted by atomic mass is 32.2. The molecule has 1 atom stereocenters. The van der Waals surface area contributed by atoms with E-state index in [2.05, 4.69) is 5.32 Å². The summed E-state index contributed by atoms with van der Waals surface area (Å²) < 4.78 is 26.1. The van der Waals surface area contributed by atoms with Crippen LogP contribution >= 0.6 is 11.3 Å². The van der Waals surface area contributed by atoms with Crippen molar-refractivity contribution in [2.24, 2.45) is 5.73 Å². The molecule has 0 bridgehead atoms. The number of nitrogens with zero attached hydrogens (tertiary/aromatic N) is 1. The Morgan fingerprint density at radius 3 is 2.70 bits per heavy atom.